The Balaban J connectivity index is 3.23. The Morgan fingerprint density at radius 3 is 2.62 bits per heavy atom. The van der Waals surface area contributed by atoms with Crippen molar-refractivity contribution in [2.24, 2.45) is 5.73 Å². The summed E-state index contributed by atoms with van der Waals surface area (Å²) >= 11 is 1.71. The number of aromatic nitrogens is 1. The molecule has 8 heteroatoms. The fourth-order valence-electron chi connectivity index (χ4n) is 0.948. The summed E-state index contributed by atoms with van der Waals surface area (Å²) in [6.07, 6.45) is -4.63. The average molecular weight is 346 g/mol. The van der Waals surface area contributed by atoms with Gasteiger partial charge in [-0.25, -0.2) is 4.98 Å². The molecule has 0 atom stereocenters. The topological polar surface area (TPSA) is 65.2 Å². The Morgan fingerprint density at radius 1 is 1.56 bits per heavy atom. The summed E-state index contributed by atoms with van der Waals surface area (Å²) in [7, 11) is 0. The van der Waals surface area contributed by atoms with E-state index in [2.05, 4.69) is 9.72 Å². The molecule has 0 radical (unpaired) electrons. The molecule has 0 aliphatic heterocycles. The predicted molar refractivity (Wildman–Crippen MR) is 56.9 cm³/mol. The number of hydrogen-bond donors (Lipinski definition) is 1. The predicted octanol–water partition coefficient (Wildman–Crippen LogP) is 1.86. The zero-order chi connectivity index (χ0) is 12.3. The first-order valence-electron chi connectivity index (χ1n) is 3.97. The molecule has 1 aromatic heterocycles. The molecule has 0 fully saturated rings. The Kier molecular flexibility index (Phi) is 4.08. The van der Waals surface area contributed by atoms with Gasteiger partial charge in [-0.05, 0) is 28.7 Å². The van der Waals surface area contributed by atoms with Crippen molar-refractivity contribution in [3.8, 4) is 5.88 Å². The number of carbonyl (C=O) groups is 1. The van der Waals surface area contributed by atoms with E-state index < -0.39 is 12.2 Å². The Morgan fingerprint density at radius 2 is 2.19 bits per heavy atom. The van der Waals surface area contributed by atoms with Gasteiger partial charge in [0.15, 0.2) is 6.29 Å². The molecule has 88 valence electrons. The van der Waals surface area contributed by atoms with Gasteiger partial charge in [0.05, 0.1) is 11.3 Å². The molecule has 0 amide bonds. The van der Waals surface area contributed by atoms with Crippen molar-refractivity contribution in [3.05, 3.63) is 20.9 Å². The van der Waals surface area contributed by atoms with Crippen molar-refractivity contribution in [3.63, 3.8) is 0 Å². The van der Waals surface area contributed by atoms with Gasteiger partial charge in [0.1, 0.15) is 0 Å². The molecular weight excluding hydrogens is 340 g/mol. The molecule has 0 aliphatic carbocycles. The van der Waals surface area contributed by atoms with Crippen molar-refractivity contribution in [2.45, 2.75) is 12.9 Å². The lowest BCUT2D eigenvalue weighted by Crippen LogP contribution is -2.20. The standard InChI is InChI=1S/C8H6F3IN2O2/c9-8(10,11)16-7-5(3-15)6(12)1-4(2-13)14-7/h1,3H,2,13H2. The molecular formula is C8H6F3IN2O2. The van der Waals surface area contributed by atoms with Crippen LogP contribution in [0.15, 0.2) is 6.07 Å². The number of carbonyl (C=O) groups excluding carboxylic acids is 1. The van der Waals surface area contributed by atoms with Crippen LogP contribution in [0.4, 0.5) is 13.2 Å². The lowest BCUT2D eigenvalue weighted by molar-refractivity contribution is -0.276. The van der Waals surface area contributed by atoms with Crippen molar-refractivity contribution in [2.75, 3.05) is 0 Å². The molecule has 2 N–H and O–H groups in total. The third-order valence-corrected chi connectivity index (χ3v) is 2.46. The van der Waals surface area contributed by atoms with Crippen LogP contribution in [0.1, 0.15) is 16.1 Å². The van der Waals surface area contributed by atoms with Gasteiger partial charge < -0.3 is 10.5 Å². The Labute approximate surface area is 102 Å². The second kappa shape index (κ2) is 4.95. The average Bonchev–Trinajstić information content (AvgIpc) is 2.14. The number of rotatable bonds is 3. The summed E-state index contributed by atoms with van der Waals surface area (Å²) in [5.74, 6) is -0.769. The first-order valence-corrected chi connectivity index (χ1v) is 5.05. The highest BCUT2D eigenvalue weighted by molar-refractivity contribution is 14.1. The number of nitrogens with zero attached hydrogens (tertiary/aromatic N) is 1. The smallest absolute Gasteiger partial charge is 0.387 e. The maximum Gasteiger partial charge on any atom is 0.574 e. The molecule has 0 saturated carbocycles. The van der Waals surface area contributed by atoms with Crippen LogP contribution in [0.3, 0.4) is 0 Å². The van der Waals surface area contributed by atoms with E-state index >= 15 is 0 Å². The van der Waals surface area contributed by atoms with Crippen LogP contribution in [0.2, 0.25) is 0 Å². The highest BCUT2D eigenvalue weighted by atomic mass is 127. The Hall–Kier alpha value is -0.900. The van der Waals surface area contributed by atoms with E-state index in [9.17, 15) is 18.0 Å². The number of nitrogens with two attached hydrogens (primary N) is 1. The number of pyridine rings is 1. The zero-order valence-electron chi connectivity index (χ0n) is 7.71. The summed E-state index contributed by atoms with van der Waals surface area (Å²) in [6.45, 7) is -0.0383. The summed E-state index contributed by atoms with van der Waals surface area (Å²) in [5.41, 5.74) is 5.23. The van der Waals surface area contributed by atoms with Gasteiger partial charge in [-0.3, -0.25) is 4.79 Å². The molecule has 0 aliphatic rings. The maximum atomic E-state index is 12.0. The van der Waals surface area contributed by atoms with Gasteiger partial charge in [0, 0.05) is 10.1 Å². The van der Waals surface area contributed by atoms with E-state index in [4.69, 9.17) is 5.73 Å². The molecule has 0 unspecified atom stereocenters. The quantitative estimate of drug-likeness (QED) is 0.670. The molecule has 16 heavy (non-hydrogen) atoms. The second-order valence-corrected chi connectivity index (χ2v) is 3.85. The molecule has 1 rings (SSSR count). The van der Waals surface area contributed by atoms with Crippen LogP contribution in [0.25, 0.3) is 0 Å². The van der Waals surface area contributed by atoms with E-state index in [0.717, 1.165) is 0 Å². The van der Waals surface area contributed by atoms with Gasteiger partial charge in [-0.15, -0.1) is 13.2 Å². The largest absolute Gasteiger partial charge is 0.574 e. The van der Waals surface area contributed by atoms with Crippen molar-refractivity contribution < 1.29 is 22.7 Å². The number of ether oxygens (including phenoxy) is 1. The number of hydrogen-bond acceptors (Lipinski definition) is 4. The molecule has 0 spiro atoms. The first-order chi connectivity index (χ1) is 7.37. The second-order valence-electron chi connectivity index (χ2n) is 2.68. The SMILES string of the molecule is NCc1cc(I)c(C=O)c(OC(F)(F)F)n1. The highest BCUT2D eigenvalue weighted by Gasteiger charge is 2.33. The summed E-state index contributed by atoms with van der Waals surface area (Å²) in [6, 6.07) is 1.42. The number of aldehydes is 1. The fraction of sp³-hybridized carbons (Fsp3) is 0.250. The highest BCUT2D eigenvalue weighted by Crippen LogP contribution is 2.27. The van der Waals surface area contributed by atoms with Crippen LogP contribution < -0.4 is 10.5 Å². The zero-order valence-corrected chi connectivity index (χ0v) is 9.87. The lowest BCUT2D eigenvalue weighted by Gasteiger charge is -2.11. The van der Waals surface area contributed by atoms with E-state index in [0.29, 0.717) is 3.57 Å². The van der Waals surface area contributed by atoms with E-state index in [1.807, 2.05) is 0 Å². The summed E-state index contributed by atoms with van der Waals surface area (Å²) in [5, 5.41) is 0. The minimum Gasteiger partial charge on any atom is -0.387 e. The van der Waals surface area contributed by atoms with Gasteiger partial charge >= 0.3 is 6.36 Å². The molecule has 4 nitrogen and oxygen atoms in total. The van der Waals surface area contributed by atoms with Crippen LogP contribution in [-0.2, 0) is 6.54 Å². The minimum atomic E-state index is -4.89. The Bertz CT molecular complexity index is 409. The summed E-state index contributed by atoms with van der Waals surface area (Å²) in [4.78, 5) is 14.1. The van der Waals surface area contributed by atoms with E-state index in [1.165, 1.54) is 6.07 Å². The monoisotopic (exact) mass is 346 g/mol. The van der Waals surface area contributed by atoms with Gasteiger partial charge in [-0.2, -0.15) is 0 Å². The molecule has 0 saturated heterocycles. The van der Waals surface area contributed by atoms with Gasteiger partial charge in [-0.1, -0.05) is 0 Å². The first kappa shape index (κ1) is 13.2. The van der Waals surface area contributed by atoms with Crippen LogP contribution in [0.5, 0.6) is 5.88 Å². The molecule has 1 aromatic rings. The minimum absolute atomic E-state index is 0.0383. The molecule has 0 aromatic carbocycles. The normalized spacial score (nSPS) is 11.3. The van der Waals surface area contributed by atoms with Gasteiger partial charge in [0.2, 0.25) is 5.88 Å². The van der Waals surface area contributed by atoms with Crippen LogP contribution in [0, 0.1) is 3.57 Å². The van der Waals surface area contributed by atoms with E-state index in [1.54, 1.807) is 22.6 Å². The van der Waals surface area contributed by atoms with Crippen LogP contribution >= 0.6 is 22.6 Å². The number of alkyl halides is 3. The molecule has 1 heterocycles. The van der Waals surface area contributed by atoms with Gasteiger partial charge in [0.25, 0.3) is 0 Å². The van der Waals surface area contributed by atoms with Crippen molar-refractivity contribution in [1.29, 1.82) is 0 Å². The van der Waals surface area contributed by atoms with Crippen molar-refractivity contribution in [1.82, 2.24) is 4.98 Å². The third kappa shape index (κ3) is 3.30. The van der Waals surface area contributed by atoms with Crippen molar-refractivity contribution >= 4 is 28.9 Å². The van der Waals surface area contributed by atoms with Crippen LogP contribution in [-0.4, -0.2) is 17.6 Å². The maximum absolute atomic E-state index is 12.0. The van der Waals surface area contributed by atoms with E-state index in [-0.39, 0.29) is 24.1 Å². The fourth-order valence-corrected chi connectivity index (χ4v) is 1.67. The lowest BCUT2D eigenvalue weighted by atomic mass is 10.2. The third-order valence-electron chi connectivity index (χ3n) is 1.57. The summed E-state index contributed by atoms with van der Waals surface area (Å²) < 4.78 is 40.0. The number of halogens is 4. The molecule has 0 bridgehead atoms.